The van der Waals surface area contributed by atoms with Gasteiger partial charge in [0.05, 0.1) is 42.1 Å². The molecule has 4 aliphatic rings. The summed E-state index contributed by atoms with van der Waals surface area (Å²) in [6.45, 7) is 4.60. The fraction of sp³-hybridized carbons (Fsp3) is 0.421. The first-order valence-electron chi connectivity index (χ1n) is 18.0. The Morgan fingerprint density at radius 3 is 2.00 bits per heavy atom. The quantitative estimate of drug-likeness (QED) is 0.125. The van der Waals surface area contributed by atoms with Gasteiger partial charge in [0.25, 0.3) is 17.5 Å². The molecule has 16 heteroatoms. The number of nitro groups is 1. The number of ether oxygens (including phenoxy) is 4. The van der Waals surface area contributed by atoms with Crippen molar-refractivity contribution in [3.8, 4) is 23.0 Å². The number of hydrogen-bond acceptors (Lipinski definition) is 13. The number of methoxy groups -OCH3 is 2. The molecule has 0 aliphatic carbocycles. The van der Waals surface area contributed by atoms with Crippen molar-refractivity contribution in [2.45, 2.75) is 64.9 Å². The van der Waals surface area contributed by atoms with Gasteiger partial charge in [-0.2, -0.15) is 0 Å². The second-order valence-electron chi connectivity index (χ2n) is 13.4. The van der Waals surface area contributed by atoms with Gasteiger partial charge in [-0.15, -0.1) is 5.06 Å². The summed E-state index contributed by atoms with van der Waals surface area (Å²) in [7, 11) is 2.80. The van der Waals surface area contributed by atoms with Crippen LogP contribution in [0.2, 0.25) is 0 Å². The Balaban J connectivity index is 1.18. The molecule has 284 valence electrons. The zero-order valence-corrected chi connectivity index (χ0v) is 30.4. The van der Waals surface area contributed by atoms with E-state index in [1.807, 2.05) is 24.3 Å². The molecule has 0 saturated carbocycles. The summed E-state index contributed by atoms with van der Waals surface area (Å²) in [5, 5.41) is 12.5. The minimum atomic E-state index is -0.742. The highest BCUT2D eigenvalue weighted by Crippen LogP contribution is 2.52. The first-order chi connectivity index (χ1) is 26.1. The van der Waals surface area contributed by atoms with Crippen LogP contribution in [0, 0.1) is 10.1 Å². The molecular formula is C38H41N5O11. The van der Waals surface area contributed by atoms with Crippen LogP contribution >= 0.6 is 0 Å². The average molecular weight is 744 g/mol. The van der Waals surface area contributed by atoms with Gasteiger partial charge in [0.2, 0.25) is 0 Å². The fourth-order valence-corrected chi connectivity index (χ4v) is 7.49. The van der Waals surface area contributed by atoms with Gasteiger partial charge in [0.15, 0.2) is 23.0 Å². The summed E-state index contributed by atoms with van der Waals surface area (Å²) in [5.74, 6) is -0.375. The number of imide groups is 1. The molecule has 1 saturated heterocycles. The number of nitrogens with zero attached hydrogens (tertiary/aromatic N) is 5. The van der Waals surface area contributed by atoms with Crippen molar-refractivity contribution in [1.82, 2.24) is 5.06 Å². The van der Waals surface area contributed by atoms with Crippen LogP contribution in [-0.2, 0) is 43.4 Å². The lowest BCUT2D eigenvalue weighted by Crippen LogP contribution is -2.34. The third-order valence-corrected chi connectivity index (χ3v) is 10.2. The normalized spacial score (nSPS) is 15.8. The predicted octanol–water partition coefficient (Wildman–Crippen LogP) is 6.11. The highest BCUT2D eigenvalue weighted by atomic mass is 16.7. The van der Waals surface area contributed by atoms with Crippen molar-refractivity contribution in [2.75, 3.05) is 55.1 Å². The van der Waals surface area contributed by atoms with Crippen LogP contribution < -0.4 is 28.9 Å². The largest absolute Gasteiger partial charge is 0.493 e. The molecule has 0 spiro atoms. The number of carbonyl (C=O) groups is 4. The van der Waals surface area contributed by atoms with Crippen LogP contribution in [-0.4, -0.2) is 74.3 Å². The lowest BCUT2D eigenvalue weighted by Gasteiger charge is -2.37. The number of hydroxylamine groups is 2. The number of nitro benzene ring substituents is 1. The zero-order valence-electron chi connectivity index (χ0n) is 30.4. The Labute approximate surface area is 311 Å². The Morgan fingerprint density at radius 2 is 1.41 bits per heavy atom. The number of aryl methyl sites for hydroxylation is 2. The Bertz CT molecular complexity index is 2020. The van der Waals surface area contributed by atoms with E-state index in [9.17, 15) is 29.3 Å². The third-order valence-electron chi connectivity index (χ3n) is 10.2. The van der Waals surface area contributed by atoms with Crippen LogP contribution in [0.25, 0.3) is 0 Å². The minimum absolute atomic E-state index is 0.00853. The highest BCUT2D eigenvalue weighted by molar-refractivity contribution is 6.03. The molecule has 0 N–H and O–H groups in total. The van der Waals surface area contributed by atoms with Gasteiger partial charge in [0, 0.05) is 68.9 Å². The van der Waals surface area contributed by atoms with E-state index >= 15 is 0 Å². The number of amides is 3. The summed E-state index contributed by atoms with van der Waals surface area (Å²) in [6, 6.07) is 10.4. The van der Waals surface area contributed by atoms with Crippen molar-refractivity contribution in [1.29, 1.82) is 0 Å². The van der Waals surface area contributed by atoms with E-state index < -0.39 is 35.4 Å². The topological polar surface area (TPSA) is 171 Å². The second kappa shape index (κ2) is 15.1. The molecule has 0 unspecified atom stereocenters. The van der Waals surface area contributed by atoms with Gasteiger partial charge in [-0.25, -0.2) is 14.5 Å². The molecular weight excluding hydrogens is 702 g/mol. The number of rotatable bonds is 11. The molecule has 0 radical (unpaired) electrons. The van der Waals surface area contributed by atoms with Crippen molar-refractivity contribution in [3.05, 3.63) is 63.2 Å². The summed E-state index contributed by atoms with van der Waals surface area (Å²) < 4.78 is 23.0. The smallest absolute Gasteiger partial charge is 0.419 e. The Kier molecular flexibility index (Phi) is 10.2. The lowest BCUT2D eigenvalue weighted by molar-refractivity contribution is -0.385. The van der Waals surface area contributed by atoms with E-state index in [-0.39, 0.29) is 42.0 Å². The van der Waals surface area contributed by atoms with Gasteiger partial charge < -0.3 is 33.6 Å². The van der Waals surface area contributed by atoms with Crippen LogP contribution in [0.4, 0.5) is 33.2 Å². The SMILES string of the molecule is CCN1CCCc2cc3c(cc21)Oc1cc2c(cc1N3C(=O)OCc1cc(OC)c(OC)cc1[N+](=O)[O-])CCCN2CCCC(=O)ON1C(=O)CCC1=O. The number of hydrogen-bond donors (Lipinski definition) is 0. The Morgan fingerprint density at radius 1 is 0.815 bits per heavy atom. The van der Waals surface area contributed by atoms with E-state index in [2.05, 4.69) is 16.7 Å². The Hall–Kier alpha value is -6.06. The maximum Gasteiger partial charge on any atom is 0.419 e. The molecule has 54 heavy (non-hydrogen) atoms. The van der Waals surface area contributed by atoms with Crippen LogP contribution in [0.5, 0.6) is 23.0 Å². The standard InChI is InChI=1S/C38H41N5O11/c1-4-39-13-5-8-23-16-29-31(19-26(23)39)53-32-20-27-24(9-6-14-40(27)15-7-10-37(46)54-42-35(44)11-12-36(42)45)17-30(32)41(29)38(47)52-22-25-18-33(50-2)34(51-3)21-28(25)43(48)49/h16-21H,4-15,22H2,1-3H3. The summed E-state index contributed by atoms with van der Waals surface area (Å²) in [4.78, 5) is 72.8. The molecule has 4 heterocycles. The van der Waals surface area contributed by atoms with Gasteiger partial charge in [-0.1, -0.05) is 0 Å². The molecule has 4 aliphatic heterocycles. The first-order valence-corrected chi connectivity index (χ1v) is 18.0. The highest BCUT2D eigenvalue weighted by Gasteiger charge is 2.36. The molecule has 7 rings (SSSR count). The maximum atomic E-state index is 14.3. The molecule has 0 atom stereocenters. The van der Waals surface area contributed by atoms with E-state index in [1.54, 1.807) is 0 Å². The van der Waals surface area contributed by atoms with E-state index in [1.165, 1.54) is 31.3 Å². The summed E-state index contributed by atoms with van der Waals surface area (Å²) in [5.41, 5.74) is 4.79. The maximum absolute atomic E-state index is 14.3. The van der Waals surface area contributed by atoms with E-state index in [0.29, 0.717) is 40.9 Å². The second-order valence-corrected chi connectivity index (χ2v) is 13.4. The molecule has 3 amide bonds. The summed E-state index contributed by atoms with van der Waals surface area (Å²) in [6.07, 6.45) is 3.06. The van der Waals surface area contributed by atoms with Gasteiger partial charge in [-0.3, -0.25) is 19.7 Å². The van der Waals surface area contributed by atoms with Crippen LogP contribution in [0.1, 0.15) is 62.1 Å². The van der Waals surface area contributed by atoms with Gasteiger partial charge in [0.1, 0.15) is 6.61 Å². The van der Waals surface area contributed by atoms with E-state index in [4.69, 9.17) is 23.8 Å². The van der Waals surface area contributed by atoms with Crippen molar-refractivity contribution >= 4 is 52.3 Å². The predicted molar refractivity (Wildman–Crippen MR) is 195 cm³/mol. The monoisotopic (exact) mass is 743 g/mol. The van der Waals surface area contributed by atoms with Gasteiger partial charge >= 0.3 is 12.1 Å². The first kappa shape index (κ1) is 36.3. The number of benzene rings is 3. The van der Waals surface area contributed by atoms with E-state index in [0.717, 1.165) is 67.8 Å². The van der Waals surface area contributed by atoms with Gasteiger partial charge in [-0.05, 0) is 68.4 Å². The van der Waals surface area contributed by atoms with Crippen LogP contribution in [0.3, 0.4) is 0 Å². The molecule has 16 nitrogen and oxygen atoms in total. The third kappa shape index (κ3) is 6.90. The molecule has 3 aromatic carbocycles. The number of anilines is 4. The van der Waals surface area contributed by atoms with Crippen molar-refractivity contribution in [3.63, 3.8) is 0 Å². The number of fused-ring (bicyclic) bond motifs is 4. The molecule has 3 aromatic rings. The molecule has 0 bridgehead atoms. The average Bonchev–Trinajstić information content (AvgIpc) is 3.48. The zero-order chi connectivity index (χ0) is 38.1. The summed E-state index contributed by atoms with van der Waals surface area (Å²) >= 11 is 0. The van der Waals surface area contributed by atoms with Crippen molar-refractivity contribution in [2.24, 2.45) is 0 Å². The van der Waals surface area contributed by atoms with Crippen molar-refractivity contribution < 1.29 is 47.9 Å². The van der Waals surface area contributed by atoms with Crippen LogP contribution in [0.15, 0.2) is 36.4 Å². The fourth-order valence-electron chi connectivity index (χ4n) is 7.49. The number of carbonyl (C=O) groups excluding carboxylic acids is 4. The lowest BCUT2D eigenvalue weighted by atomic mass is 9.97. The minimum Gasteiger partial charge on any atom is -0.493 e. The molecule has 0 aromatic heterocycles. The molecule has 1 fully saturated rings.